The monoisotopic (exact) mass is 300 g/mol. The molecule has 4 rings (SSSR count). The van der Waals surface area contributed by atoms with Crippen LogP contribution in [0, 0.1) is 11.8 Å². The number of benzene rings is 1. The number of hydrogen-bond donors (Lipinski definition) is 1. The molecule has 0 aromatic heterocycles. The second kappa shape index (κ2) is 4.87. The molecule has 1 saturated heterocycles. The van der Waals surface area contributed by atoms with E-state index in [-0.39, 0.29) is 5.91 Å². The normalized spacial score (nSPS) is 40.0. The van der Waals surface area contributed by atoms with Gasteiger partial charge in [0.25, 0.3) is 0 Å². The molecule has 0 radical (unpaired) electrons. The molecule has 1 aliphatic heterocycles. The highest BCUT2D eigenvalue weighted by Gasteiger charge is 2.45. The highest BCUT2D eigenvalue weighted by Crippen LogP contribution is 2.47. The molecule has 2 saturated carbocycles. The predicted molar refractivity (Wildman–Crippen MR) is 86.2 cm³/mol. The molecule has 0 spiro atoms. The average Bonchev–Trinajstić information content (AvgIpc) is 3.16. The predicted octanol–water partition coefficient (Wildman–Crippen LogP) is 3.31. The summed E-state index contributed by atoms with van der Waals surface area (Å²) in [6, 6.07) is 10.4. The number of amidine groups is 1. The Hall–Kier alpha value is -1.29. The van der Waals surface area contributed by atoms with E-state index in [1.807, 2.05) is 37.3 Å². The van der Waals surface area contributed by atoms with E-state index < -0.39 is 4.75 Å². The van der Waals surface area contributed by atoms with E-state index in [1.165, 1.54) is 25.7 Å². The first-order chi connectivity index (χ1) is 10.1. The van der Waals surface area contributed by atoms with Crippen molar-refractivity contribution >= 4 is 22.8 Å². The van der Waals surface area contributed by atoms with Crippen LogP contribution in [0.25, 0.3) is 0 Å². The first-order valence-corrected chi connectivity index (χ1v) is 8.60. The van der Waals surface area contributed by atoms with E-state index in [0.29, 0.717) is 6.04 Å². The summed E-state index contributed by atoms with van der Waals surface area (Å²) in [5, 5.41) is 3.83. The summed E-state index contributed by atoms with van der Waals surface area (Å²) in [7, 11) is 0. The molecule has 1 aromatic rings. The number of carbonyl (C=O) groups excluding carboxylic acids is 1. The van der Waals surface area contributed by atoms with Gasteiger partial charge in [-0.2, -0.15) is 0 Å². The van der Waals surface area contributed by atoms with Gasteiger partial charge in [-0.1, -0.05) is 48.5 Å². The molecule has 2 bridgehead atoms. The van der Waals surface area contributed by atoms with E-state index in [0.717, 1.165) is 22.6 Å². The minimum Gasteiger partial charge on any atom is -0.304 e. The zero-order chi connectivity index (χ0) is 14.4. The van der Waals surface area contributed by atoms with Gasteiger partial charge >= 0.3 is 0 Å². The standard InChI is InChI=1S/C17H20N2OS/c1-17(13-5-3-2-4-6-13)15(20)19-16(21-17)18-14-10-11-7-8-12(14)9-11/h2-6,11-12,14H,7-10H2,1H3,(H,18,19,20)/t11?,12-,14?,17?/m0/s1. The molecular formula is C17H20N2OS. The summed E-state index contributed by atoms with van der Waals surface area (Å²) < 4.78 is -0.544. The van der Waals surface area contributed by atoms with Gasteiger partial charge in [-0.15, -0.1) is 0 Å². The number of carbonyl (C=O) groups is 1. The molecular weight excluding hydrogens is 280 g/mol. The van der Waals surface area contributed by atoms with Gasteiger partial charge in [-0.3, -0.25) is 9.79 Å². The molecule has 3 unspecified atom stereocenters. The SMILES string of the molecule is CC1(c2ccccc2)SC(=NC2CC3CC[C@H]2C3)NC1=O. The van der Waals surface area contributed by atoms with Crippen LogP contribution in [0.3, 0.4) is 0 Å². The highest BCUT2D eigenvalue weighted by atomic mass is 32.2. The fraction of sp³-hybridized carbons (Fsp3) is 0.529. The van der Waals surface area contributed by atoms with Crippen LogP contribution in [0.4, 0.5) is 0 Å². The molecule has 2 aliphatic carbocycles. The fourth-order valence-corrected chi connectivity index (χ4v) is 5.12. The Morgan fingerprint density at radius 2 is 2.05 bits per heavy atom. The van der Waals surface area contributed by atoms with Crippen LogP contribution >= 0.6 is 11.8 Å². The number of fused-ring (bicyclic) bond motifs is 2. The number of hydrogen-bond acceptors (Lipinski definition) is 3. The third-order valence-electron chi connectivity index (χ3n) is 5.26. The molecule has 110 valence electrons. The maximum Gasteiger partial charge on any atom is 0.246 e. The Bertz CT molecular complexity index is 600. The largest absolute Gasteiger partial charge is 0.304 e. The van der Waals surface area contributed by atoms with Gasteiger partial charge in [0.2, 0.25) is 5.91 Å². The first-order valence-electron chi connectivity index (χ1n) is 7.79. The van der Waals surface area contributed by atoms with Gasteiger partial charge in [-0.25, -0.2) is 0 Å². The van der Waals surface area contributed by atoms with E-state index in [2.05, 4.69) is 5.32 Å². The summed E-state index contributed by atoms with van der Waals surface area (Å²) >= 11 is 1.58. The first kappa shape index (κ1) is 13.4. The van der Waals surface area contributed by atoms with Crippen molar-refractivity contribution < 1.29 is 4.79 Å². The third kappa shape index (κ3) is 2.20. The zero-order valence-electron chi connectivity index (χ0n) is 12.2. The maximum absolute atomic E-state index is 12.4. The summed E-state index contributed by atoms with van der Waals surface area (Å²) in [6.07, 6.45) is 5.26. The van der Waals surface area contributed by atoms with Crippen LogP contribution in [0.2, 0.25) is 0 Å². The van der Waals surface area contributed by atoms with Crippen molar-refractivity contribution in [2.75, 3.05) is 0 Å². The summed E-state index contributed by atoms with van der Waals surface area (Å²) in [5.41, 5.74) is 1.05. The van der Waals surface area contributed by atoms with Gasteiger partial charge in [0, 0.05) is 0 Å². The second-order valence-electron chi connectivity index (χ2n) is 6.63. The van der Waals surface area contributed by atoms with Gasteiger partial charge in [0.05, 0.1) is 6.04 Å². The van der Waals surface area contributed by atoms with Gasteiger partial charge in [-0.05, 0) is 43.6 Å². The lowest BCUT2D eigenvalue weighted by molar-refractivity contribution is -0.121. The molecule has 1 heterocycles. The number of nitrogens with zero attached hydrogens (tertiary/aromatic N) is 1. The lowest BCUT2D eigenvalue weighted by atomic mass is 9.96. The Labute approximate surface area is 129 Å². The van der Waals surface area contributed by atoms with E-state index >= 15 is 0 Å². The van der Waals surface area contributed by atoms with Crippen LogP contribution in [0.15, 0.2) is 35.3 Å². The third-order valence-corrected chi connectivity index (χ3v) is 6.49. The average molecular weight is 300 g/mol. The lowest BCUT2D eigenvalue weighted by Gasteiger charge is -2.19. The Kier molecular flexibility index (Phi) is 3.10. The van der Waals surface area contributed by atoms with Crippen LogP contribution in [-0.2, 0) is 9.54 Å². The molecule has 3 nitrogen and oxygen atoms in total. The van der Waals surface area contributed by atoms with Crippen molar-refractivity contribution in [1.29, 1.82) is 0 Å². The van der Waals surface area contributed by atoms with Crippen molar-refractivity contribution in [3.05, 3.63) is 35.9 Å². The second-order valence-corrected chi connectivity index (χ2v) is 8.04. The van der Waals surface area contributed by atoms with Crippen LogP contribution in [0.1, 0.15) is 38.2 Å². The van der Waals surface area contributed by atoms with Crippen LogP contribution in [-0.4, -0.2) is 17.1 Å². The van der Waals surface area contributed by atoms with Gasteiger partial charge < -0.3 is 5.32 Å². The minimum absolute atomic E-state index is 0.0561. The van der Waals surface area contributed by atoms with Gasteiger partial charge in [0.15, 0.2) is 5.17 Å². The van der Waals surface area contributed by atoms with Crippen molar-refractivity contribution in [3.8, 4) is 0 Å². The molecule has 1 N–H and O–H groups in total. The number of amides is 1. The lowest BCUT2D eigenvalue weighted by Crippen LogP contribution is -2.32. The molecule has 3 aliphatic rings. The number of nitrogens with one attached hydrogen (secondary N) is 1. The number of aliphatic imine (C=N–C) groups is 1. The fourth-order valence-electron chi connectivity index (χ4n) is 4.01. The molecule has 21 heavy (non-hydrogen) atoms. The summed E-state index contributed by atoms with van der Waals surface area (Å²) in [5.74, 6) is 1.69. The highest BCUT2D eigenvalue weighted by molar-refractivity contribution is 8.15. The number of thioether (sulfide) groups is 1. The van der Waals surface area contributed by atoms with Crippen molar-refractivity contribution in [2.45, 2.75) is 43.4 Å². The van der Waals surface area contributed by atoms with E-state index in [4.69, 9.17) is 4.99 Å². The molecule has 1 amide bonds. The summed E-state index contributed by atoms with van der Waals surface area (Å²) in [4.78, 5) is 17.3. The van der Waals surface area contributed by atoms with Crippen molar-refractivity contribution in [2.24, 2.45) is 16.8 Å². The minimum atomic E-state index is -0.544. The van der Waals surface area contributed by atoms with E-state index in [9.17, 15) is 4.79 Å². The topological polar surface area (TPSA) is 41.5 Å². The molecule has 3 fully saturated rings. The zero-order valence-corrected chi connectivity index (χ0v) is 13.0. The van der Waals surface area contributed by atoms with Crippen molar-refractivity contribution in [3.63, 3.8) is 0 Å². The Morgan fingerprint density at radius 1 is 1.24 bits per heavy atom. The summed E-state index contributed by atoms with van der Waals surface area (Å²) in [6.45, 7) is 1.99. The Morgan fingerprint density at radius 3 is 2.71 bits per heavy atom. The van der Waals surface area contributed by atoms with Crippen LogP contribution < -0.4 is 5.32 Å². The molecule has 4 heteroatoms. The smallest absolute Gasteiger partial charge is 0.246 e. The van der Waals surface area contributed by atoms with Gasteiger partial charge in [0.1, 0.15) is 4.75 Å². The Balaban J connectivity index is 1.57. The van der Waals surface area contributed by atoms with Crippen LogP contribution in [0.5, 0.6) is 0 Å². The van der Waals surface area contributed by atoms with Crippen molar-refractivity contribution in [1.82, 2.24) is 5.32 Å². The number of rotatable bonds is 2. The molecule has 4 atom stereocenters. The van der Waals surface area contributed by atoms with E-state index in [1.54, 1.807) is 11.8 Å². The quantitative estimate of drug-likeness (QED) is 0.910. The molecule has 1 aromatic carbocycles. The maximum atomic E-state index is 12.4.